The summed E-state index contributed by atoms with van der Waals surface area (Å²) in [7, 11) is -5.36. The molecule has 0 unspecified atom stereocenters. The molecular formula is C15H15F9NO6P. The van der Waals surface area contributed by atoms with Crippen molar-refractivity contribution in [3.8, 4) is 5.75 Å². The lowest BCUT2D eigenvalue weighted by Crippen LogP contribution is -2.36. The van der Waals surface area contributed by atoms with E-state index in [0.29, 0.717) is 0 Å². The Morgan fingerprint density at radius 1 is 0.844 bits per heavy atom. The molecule has 1 rings (SSSR count). The van der Waals surface area contributed by atoms with E-state index in [0.717, 1.165) is 24.3 Å². The number of carbonyl (C=O) groups excluding carboxylic acids is 1. The molecule has 1 atom stereocenters. The fourth-order valence-corrected chi connectivity index (χ4v) is 2.98. The van der Waals surface area contributed by atoms with Crippen molar-refractivity contribution in [3.63, 3.8) is 0 Å². The largest absolute Gasteiger partial charge is 0.530 e. The maximum Gasteiger partial charge on any atom is 0.530 e. The standard InChI is InChI=1S/C15H15F9NO6P/c16-13(17,18)6-28-12(26)11(25)5-9-1-3-10(4-2-9)31-32(27,29-7-14(19,20)21)30-8-15(22,23)24/h1-4,11H,5-8,25H2/t11-/m0/s1. The summed E-state index contributed by atoms with van der Waals surface area (Å²) in [6, 6.07) is 2.53. The lowest BCUT2D eigenvalue weighted by molar-refractivity contribution is -0.187. The van der Waals surface area contributed by atoms with E-state index in [2.05, 4.69) is 18.3 Å². The Balaban J connectivity index is 2.80. The van der Waals surface area contributed by atoms with E-state index in [1.54, 1.807) is 0 Å². The van der Waals surface area contributed by atoms with Crippen molar-refractivity contribution in [1.29, 1.82) is 0 Å². The summed E-state index contributed by atoms with van der Waals surface area (Å²) in [4.78, 5) is 11.4. The van der Waals surface area contributed by atoms with Crippen LogP contribution in [0.4, 0.5) is 39.5 Å². The zero-order chi connectivity index (χ0) is 24.8. The zero-order valence-corrected chi connectivity index (χ0v) is 16.5. The molecular weight excluding hydrogens is 492 g/mol. The van der Waals surface area contributed by atoms with Gasteiger partial charge in [-0.15, -0.1) is 0 Å². The summed E-state index contributed by atoms with van der Waals surface area (Å²) < 4.78 is 138. The molecule has 184 valence electrons. The molecule has 2 N–H and O–H groups in total. The second-order valence-corrected chi connectivity index (χ2v) is 7.59. The molecule has 0 spiro atoms. The Hall–Kier alpha value is -2.03. The minimum Gasteiger partial charge on any atom is -0.455 e. The Kier molecular flexibility index (Phi) is 9.39. The summed E-state index contributed by atoms with van der Waals surface area (Å²) in [5.74, 6) is -1.90. The highest BCUT2D eigenvalue weighted by Crippen LogP contribution is 2.51. The number of phosphoric acid groups is 1. The van der Waals surface area contributed by atoms with Crippen LogP contribution < -0.4 is 10.3 Å². The van der Waals surface area contributed by atoms with Gasteiger partial charge in [0.25, 0.3) is 0 Å². The van der Waals surface area contributed by atoms with Gasteiger partial charge < -0.3 is 15.0 Å². The number of hydrogen-bond donors (Lipinski definition) is 1. The monoisotopic (exact) mass is 507 g/mol. The van der Waals surface area contributed by atoms with E-state index in [1.165, 1.54) is 0 Å². The molecule has 0 saturated heterocycles. The highest BCUT2D eigenvalue weighted by molar-refractivity contribution is 7.48. The number of rotatable bonds is 10. The highest BCUT2D eigenvalue weighted by Gasteiger charge is 2.40. The number of benzene rings is 1. The minimum absolute atomic E-state index is 0.191. The Bertz CT molecular complexity index is 773. The van der Waals surface area contributed by atoms with E-state index in [1.807, 2.05) is 0 Å². The van der Waals surface area contributed by atoms with Gasteiger partial charge in [0.1, 0.15) is 11.8 Å². The van der Waals surface area contributed by atoms with Crippen molar-refractivity contribution in [2.24, 2.45) is 5.73 Å². The molecule has 0 saturated carbocycles. The van der Waals surface area contributed by atoms with Crippen LogP contribution in [0.5, 0.6) is 5.75 Å². The Labute approximate surface area is 174 Å². The topological polar surface area (TPSA) is 97.1 Å². The number of nitrogens with two attached hydrogens (primary N) is 1. The molecule has 0 bridgehead atoms. The fourth-order valence-electron chi connectivity index (χ4n) is 1.81. The third kappa shape index (κ3) is 12.1. The second kappa shape index (κ2) is 10.7. The van der Waals surface area contributed by atoms with Crippen LogP contribution in [0, 0.1) is 0 Å². The van der Waals surface area contributed by atoms with E-state index in [4.69, 9.17) is 5.73 Å². The number of alkyl halides is 9. The van der Waals surface area contributed by atoms with Gasteiger partial charge in [0.05, 0.1) is 0 Å². The minimum atomic E-state index is -5.36. The van der Waals surface area contributed by atoms with Crippen LogP contribution in [0.25, 0.3) is 0 Å². The molecule has 7 nitrogen and oxygen atoms in total. The van der Waals surface area contributed by atoms with Crippen LogP contribution >= 0.6 is 7.82 Å². The normalized spacial score (nSPS) is 14.2. The Morgan fingerprint density at radius 3 is 1.69 bits per heavy atom. The Morgan fingerprint density at radius 2 is 1.28 bits per heavy atom. The maximum atomic E-state index is 12.3. The summed E-state index contributed by atoms with van der Waals surface area (Å²) in [5, 5.41) is 0. The van der Waals surface area contributed by atoms with Crippen molar-refractivity contribution < 1.29 is 67.2 Å². The molecule has 0 aliphatic carbocycles. The number of carbonyl (C=O) groups is 1. The average Bonchev–Trinajstić information content (AvgIpc) is 2.63. The van der Waals surface area contributed by atoms with Crippen molar-refractivity contribution in [3.05, 3.63) is 29.8 Å². The summed E-state index contributed by atoms with van der Waals surface area (Å²) in [6.45, 7) is -6.30. The second-order valence-electron chi connectivity index (χ2n) is 5.99. The van der Waals surface area contributed by atoms with Crippen LogP contribution in [0.1, 0.15) is 5.56 Å². The van der Waals surface area contributed by atoms with Gasteiger partial charge in [-0.25, -0.2) is 4.57 Å². The maximum absolute atomic E-state index is 12.3. The first-order chi connectivity index (χ1) is 14.4. The third-order valence-electron chi connectivity index (χ3n) is 3.05. The fraction of sp³-hybridized carbons (Fsp3) is 0.533. The predicted octanol–water partition coefficient (Wildman–Crippen LogP) is 4.31. The van der Waals surface area contributed by atoms with Gasteiger partial charge >= 0.3 is 32.3 Å². The van der Waals surface area contributed by atoms with Crippen molar-refractivity contribution in [2.45, 2.75) is 31.0 Å². The van der Waals surface area contributed by atoms with Crippen LogP contribution in [0.2, 0.25) is 0 Å². The predicted molar refractivity (Wildman–Crippen MR) is 87.4 cm³/mol. The molecule has 0 amide bonds. The molecule has 0 heterocycles. The van der Waals surface area contributed by atoms with Gasteiger partial charge in [-0.05, 0) is 24.1 Å². The molecule has 0 aromatic heterocycles. The summed E-state index contributed by atoms with van der Waals surface area (Å²) >= 11 is 0. The molecule has 0 fully saturated rings. The number of halogens is 9. The van der Waals surface area contributed by atoms with Gasteiger partial charge in [-0.2, -0.15) is 39.5 Å². The van der Waals surface area contributed by atoms with Gasteiger partial charge in [0.2, 0.25) is 0 Å². The third-order valence-corrected chi connectivity index (χ3v) is 4.37. The highest BCUT2D eigenvalue weighted by atomic mass is 31.2. The van der Waals surface area contributed by atoms with Gasteiger partial charge in [0.15, 0.2) is 19.8 Å². The molecule has 17 heteroatoms. The number of phosphoric ester groups is 1. The molecule has 1 aromatic carbocycles. The zero-order valence-electron chi connectivity index (χ0n) is 15.6. The number of esters is 1. The lowest BCUT2D eigenvalue weighted by atomic mass is 10.1. The van der Waals surface area contributed by atoms with Gasteiger partial charge in [0, 0.05) is 0 Å². The smallest absolute Gasteiger partial charge is 0.455 e. The SMILES string of the molecule is N[C@@H](Cc1ccc(OP(=O)(OCC(F)(F)F)OCC(F)(F)F)cc1)C(=O)OCC(F)(F)F. The lowest BCUT2D eigenvalue weighted by Gasteiger charge is -2.20. The van der Waals surface area contributed by atoms with Crippen molar-refractivity contribution in [2.75, 3.05) is 19.8 Å². The van der Waals surface area contributed by atoms with E-state index >= 15 is 0 Å². The van der Waals surface area contributed by atoms with E-state index in [9.17, 15) is 48.9 Å². The van der Waals surface area contributed by atoms with Crippen LogP contribution in [0.15, 0.2) is 24.3 Å². The number of ether oxygens (including phenoxy) is 1. The molecule has 0 aliphatic heterocycles. The molecule has 32 heavy (non-hydrogen) atoms. The van der Waals surface area contributed by atoms with E-state index < -0.39 is 63.9 Å². The van der Waals surface area contributed by atoms with Crippen molar-refractivity contribution >= 4 is 13.8 Å². The van der Waals surface area contributed by atoms with Crippen LogP contribution in [-0.4, -0.2) is 50.4 Å². The molecule has 0 radical (unpaired) electrons. The van der Waals surface area contributed by atoms with Crippen LogP contribution in [0.3, 0.4) is 0 Å². The first-order valence-corrected chi connectivity index (χ1v) is 9.64. The average molecular weight is 507 g/mol. The van der Waals surface area contributed by atoms with Gasteiger partial charge in [-0.1, -0.05) is 12.1 Å². The summed E-state index contributed by atoms with van der Waals surface area (Å²) in [5.41, 5.74) is 5.60. The summed E-state index contributed by atoms with van der Waals surface area (Å²) in [6.07, 6.45) is -15.2. The molecule has 0 aliphatic rings. The molecule has 1 aromatic rings. The quantitative estimate of drug-likeness (QED) is 0.287. The first-order valence-electron chi connectivity index (χ1n) is 8.18. The van der Waals surface area contributed by atoms with Crippen molar-refractivity contribution in [1.82, 2.24) is 0 Å². The van der Waals surface area contributed by atoms with Gasteiger partial charge in [-0.3, -0.25) is 13.8 Å². The van der Waals surface area contributed by atoms with E-state index in [-0.39, 0.29) is 12.0 Å². The first kappa shape index (κ1) is 28.0. The van der Waals surface area contributed by atoms with Crippen LogP contribution in [-0.2, 0) is 29.6 Å². The number of hydrogen-bond acceptors (Lipinski definition) is 7.